The molecule has 11 heavy (non-hydrogen) atoms. The Labute approximate surface area is 67.7 Å². The van der Waals surface area contributed by atoms with Crippen LogP contribution in [0.25, 0.3) is 0 Å². The molecule has 1 heterocycles. The maximum Gasteiger partial charge on any atom is 0.247 e. The number of amides is 1. The van der Waals surface area contributed by atoms with Crippen LogP contribution in [0.4, 0.5) is 0 Å². The minimum atomic E-state index is -0.0549. The Balaban J connectivity index is 2.94. The lowest BCUT2D eigenvalue weighted by molar-refractivity contribution is -0.119. The fourth-order valence-electron chi connectivity index (χ4n) is 1.43. The van der Waals surface area contributed by atoms with E-state index in [2.05, 4.69) is 5.32 Å². The highest BCUT2D eigenvalue weighted by Crippen LogP contribution is 2.23. The molecule has 0 radical (unpaired) electrons. The zero-order chi connectivity index (χ0) is 8.65. The number of carbonyl (C=O) groups excluding carboxylic acids is 1. The van der Waals surface area contributed by atoms with E-state index < -0.39 is 0 Å². The third-order valence-electron chi connectivity index (χ3n) is 2.14. The van der Waals surface area contributed by atoms with Gasteiger partial charge in [0.1, 0.15) is 0 Å². The normalized spacial score (nSPS) is 23.5. The Hall–Kier alpha value is -0.790. The highest BCUT2D eigenvalue weighted by Gasteiger charge is 2.27. The minimum absolute atomic E-state index is 0.0549. The van der Waals surface area contributed by atoms with Crippen molar-refractivity contribution in [2.45, 2.75) is 39.7 Å². The van der Waals surface area contributed by atoms with Crippen molar-refractivity contribution in [2.24, 2.45) is 0 Å². The Morgan fingerprint density at radius 2 is 1.91 bits per heavy atom. The van der Waals surface area contributed by atoms with Gasteiger partial charge in [0.05, 0.1) is 0 Å². The molecule has 2 nitrogen and oxygen atoms in total. The smallest absolute Gasteiger partial charge is 0.247 e. The summed E-state index contributed by atoms with van der Waals surface area (Å²) in [4.78, 5) is 11.3. The van der Waals surface area contributed by atoms with Gasteiger partial charge in [0.15, 0.2) is 0 Å². The largest absolute Gasteiger partial charge is 0.347 e. The van der Waals surface area contributed by atoms with Gasteiger partial charge in [-0.1, -0.05) is 5.57 Å². The molecule has 2 heteroatoms. The molecule has 62 valence electrons. The predicted molar refractivity (Wildman–Crippen MR) is 45.2 cm³/mol. The fourth-order valence-corrected chi connectivity index (χ4v) is 1.43. The van der Waals surface area contributed by atoms with Crippen molar-refractivity contribution < 1.29 is 4.79 Å². The van der Waals surface area contributed by atoms with Gasteiger partial charge < -0.3 is 5.32 Å². The van der Waals surface area contributed by atoms with Crippen molar-refractivity contribution in [3.05, 3.63) is 11.1 Å². The molecule has 1 aliphatic rings. The van der Waals surface area contributed by atoms with E-state index in [0.717, 1.165) is 12.0 Å². The first-order valence-corrected chi connectivity index (χ1v) is 3.91. The molecule has 0 saturated carbocycles. The van der Waals surface area contributed by atoms with E-state index in [4.69, 9.17) is 0 Å². The van der Waals surface area contributed by atoms with E-state index in [1.165, 1.54) is 5.57 Å². The van der Waals surface area contributed by atoms with Gasteiger partial charge in [-0.3, -0.25) is 4.79 Å². The van der Waals surface area contributed by atoms with Crippen molar-refractivity contribution in [1.82, 2.24) is 5.32 Å². The summed E-state index contributed by atoms with van der Waals surface area (Å²) in [6.45, 7) is 7.98. The number of carbonyl (C=O) groups is 1. The van der Waals surface area contributed by atoms with E-state index in [9.17, 15) is 4.79 Å². The molecule has 0 aromatic carbocycles. The van der Waals surface area contributed by atoms with Crippen molar-refractivity contribution in [3.8, 4) is 0 Å². The summed E-state index contributed by atoms with van der Waals surface area (Å²) < 4.78 is 0. The Morgan fingerprint density at radius 1 is 1.36 bits per heavy atom. The topological polar surface area (TPSA) is 29.1 Å². The van der Waals surface area contributed by atoms with Crippen LogP contribution in [0, 0.1) is 0 Å². The molecule has 1 N–H and O–H groups in total. The summed E-state index contributed by atoms with van der Waals surface area (Å²) in [6, 6.07) is 0. The third kappa shape index (κ3) is 1.62. The molecular formula is C9H15NO. The van der Waals surface area contributed by atoms with E-state index in [0.29, 0.717) is 0 Å². The summed E-state index contributed by atoms with van der Waals surface area (Å²) in [6.07, 6.45) is 0.963. The molecular weight excluding hydrogens is 138 g/mol. The molecule has 0 aromatic heterocycles. The van der Waals surface area contributed by atoms with Crippen LogP contribution in [0.3, 0.4) is 0 Å². The number of nitrogens with one attached hydrogen (secondary N) is 1. The van der Waals surface area contributed by atoms with Crippen LogP contribution in [-0.2, 0) is 4.79 Å². The highest BCUT2D eigenvalue weighted by molar-refractivity contribution is 5.95. The Kier molecular flexibility index (Phi) is 1.78. The first-order valence-electron chi connectivity index (χ1n) is 3.91. The average Bonchev–Trinajstić information content (AvgIpc) is 1.81. The summed E-state index contributed by atoms with van der Waals surface area (Å²) in [5, 5.41) is 2.94. The highest BCUT2D eigenvalue weighted by atomic mass is 16.1. The molecule has 1 amide bonds. The maximum atomic E-state index is 11.3. The molecule has 0 aromatic rings. The standard InChI is InChI=1S/C9H15NO/c1-6-5-9(3,4)10-8(11)7(6)2/h5H2,1-4H3,(H,10,11). The molecule has 0 saturated heterocycles. The molecule has 0 atom stereocenters. The first kappa shape index (κ1) is 8.31. The van der Waals surface area contributed by atoms with Crippen LogP contribution in [0.5, 0.6) is 0 Å². The van der Waals surface area contributed by atoms with Crippen molar-refractivity contribution >= 4 is 5.91 Å². The van der Waals surface area contributed by atoms with E-state index in [-0.39, 0.29) is 11.4 Å². The SMILES string of the molecule is CC1=C(C)C(=O)NC(C)(C)C1. The minimum Gasteiger partial charge on any atom is -0.347 e. The molecule has 1 rings (SSSR count). The molecule has 1 aliphatic heterocycles. The molecule has 0 bridgehead atoms. The van der Waals surface area contributed by atoms with Gasteiger partial charge in [0.25, 0.3) is 0 Å². The van der Waals surface area contributed by atoms with Crippen molar-refractivity contribution in [3.63, 3.8) is 0 Å². The molecule has 0 unspecified atom stereocenters. The Morgan fingerprint density at radius 3 is 2.36 bits per heavy atom. The van der Waals surface area contributed by atoms with Gasteiger partial charge in [-0.15, -0.1) is 0 Å². The van der Waals surface area contributed by atoms with Crippen LogP contribution in [-0.4, -0.2) is 11.4 Å². The lowest BCUT2D eigenvalue weighted by atomic mass is 9.89. The predicted octanol–water partition coefficient (Wildman–Crippen LogP) is 1.62. The maximum absolute atomic E-state index is 11.3. The number of hydrogen-bond donors (Lipinski definition) is 1. The molecule has 0 spiro atoms. The summed E-state index contributed by atoms with van der Waals surface area (Å²) >= 11 is 0. The van der Waals surface area contributed by atoms with E-state index in [1.807, 2.05) is 27.7 Å². The quantitative estimate of drug-likeness (QED) is 0.563. The molecule has 0 fully saturated rings. The number of rotatable bonds is 0. The number of hydrogen-bond acceptors (Lipinski definition) is 1. The van der Waals surface area contributed by atoms with Crippen LogP contribution in [0.15, 0.2) is 11.1 Å². The Bertz CT molecular complexity index is 226. The second-order valence-electron chi connectivity index (χ2n) is 3.92. The molecule has 0 aliphatic carbocycles. The van der Waals surface area contributed by atoms with Gasteiger partial charge in [0, 0.05) is 11.1 Å². The lowest BCUT2D eigenvalue weighted by Crippen LogP contribution is -2.47. The third-order valence-corrected chi connectivity index (χ3v) is 2.14. The second-order valence-corrected chi connectivity index (χ2v) is 3.92. The summed E-state index contributed by atoms with van der Waals surface area (Å²) in [7, 11) is 0. The van der Waals surface area contributed by atoms with Gasteiger partial charge in [0.2, 0.25) is 5.91 Å². The van der Waals surface area contributed by atoms with Gasteiger partial charge in [-0.2, -0.15) is 0 Å². The average molecular weight is 153 g/mol. The van der Waals surface area contributed by atoms with Gasteiger partial charge >= 0.3 is 0 Å². The monoisotopic (exact) mass is 153 g/mol. The zero-order valence-corrected chi connectivity index (χ0v) is 7.62. The fraction of sp³-hybridized carbons (Fsp3) is 0.667. The second kappa shape index (κ2) is 2.36. The van der Waals surface area contributed by atoms with Crippen molar-refractivity contribution in [2.75, 3.05) is 0 Å². The summed E-state index contributed by atoms with van der Waals surface area (Å²) in [5.74, 6) is 0.0822. The van der Waals surface area contributed by atoms with Gasteiger partial charge in [-0.05, 0) is 34.1 Å². The van der Waals surface area contributed by atoms with Crippen LogP contribution >= 0.6 is 0 Å². The van der Waals surface area contributed by atoms with Crippen LogP contribution in [0.1, 0.15) is 34.1 Å². The van der Waals surface area contributed by atoms with Crippen LogP contribution in [0.2, 0.25) is 0 Å². The van der Waals surface area contributed by atoms with E-state index in [1.54, 1.807) is 0 Å². The van der Waals surface area contributed by atoms with Crippen molar-refractivity contribution in [1.29, 1.82) is 0 Å². The van der Waals surface area contributed by atoms with Gasteiger partial charge in [-0.25, -0.2) is 0 Å². The first-order chi connectivity index (χ1) is 4.92. The lowest BCUT2D eigenvalue weighted by Gasteiger charge is -2.32. The summed E-state index contributed by atoms with van der Waals surface area (Å²) in [5.41, 5.74) is 2.03. The zero-order valence-electron chi connectivity index (χ0n) is 7.62. The van der Waals surface area contributed by atoms with E-state index >= 15 is 0 Å². The van der Waals surface area contributed by atoms with Crippen LogP contribution < -0.4 is 5.32 Å².